The molecule has 0 saturated carbocycles. The van der Waals surface area contributed by atoms with Crippen LogP contribution in [0.15, 0.2) is 0 Å². The van der Waals surface area contributed by atoms with E-state index in [1.165, 1.54) is 19.3 Å². The van der Waals surface area contributed by atoms with Gasteiger partial charge in [0.25, 0.3) is 5.78 Å². The average molecular weight is 336 g/mol. The van der Waals surface area contributed by atoms with E-state index in [-0.39, 0.29) is 0 Å². The van der Waals surface area contributed by atoms with E-state index in [0.717, 1.165) is 26.2 Å². The van der Waals surface area contributed by atoms with E-state index in [4.69, 9.17) is 12.2 Å². The highest BCUT2D eigenvalue weighted by Crippen LogP contribution is 2.14. The minimum Gasteiger partial charge on any atom is -0.355 e. The molecule has 0 amide bonds. The van der Waals surface area contributed by atoms with Crippen LogP contribution in [0, 0.1) is 4.77 Å². The number of nitrogens with zero attached hydrogens (tertiary/aromatic N) is 6. The lowest BCUT2D eigenvalue weighted by molar-refractivity contribution is 0.172. The number of anilines is 2. The molecule has 126 valence electrons. The number of nitrogens with one attached hydrogen (secondary N) is 2. The number of aromatic nitrogens is 5. The van der Waals surface area contributed by atoms with Crippen LogP contribution < -0.4 is 10.6 Å². The van der Waals surface area contributed by atoms with Gasteiger partial charge in [0.1, 0.15) is 0 Å². The zero-order valence-corrected chi connectivity index (χ0v) is 14.6. The first-order valence-electron chi connectivity index (χ1n) is 8.30. The highest BCUT2D eigenvalue weighted by atomic mass is 32.1. The van der Waals surface area contributed by atoms with Gasteiger partial charge in [-0.3, -0.25) is 4.90 Å². The van der Waals surface area contributed by atoms with Gasteiger partial charge in [-0.25, -0.2) is 9.08 Å². The topological polar surface area (TPSA) is 75.3 Å². The van der Waals surface area contributed by atoms with Crippen molar-refractivity contribution in [1.29, 1.82) is 0 Å². The number of rotatable bonds is 6. The van der Waals surface area contributed by atoms with E-state index in [2.05, 4.69) is 30.6 Å². The smallest absolute Gasteiger partial charge is 0.259 e. The van der Waals surface area contributed by atoms with Gasteiger partial charge < -0.3 is 10.6 Å². The summed E-state index contributed by atoms with van der Waals surface area (Å²) in [5, 5.41) is 11.0. The largest absolute Gasteiger partial charge is 0.355 e. The van der Waals surface area contributed by atoms with Crippen molar-refractivity contribution in [3.05, 3.63) is 4.77 Å². The molecule has 9 heteroatoms. The van der Waals surface area contributed by atoms with Crippen LogP contribution in [0.4, 0.5) is 11.9 Å². The van der Waals surface area contributed by atoms with Gasteiger partial charge in [-0.15, -0.1) is 5.10 Å². The number of hydrogen-bond donors (Lipinski definition) is 2. The second kappa shape index (κ2) is 7.22. The Kier molecular flexibility index (Phi) is 5.06. The monoisotopic (exact) mass is 336 g/mol. The fraction of sp³-hybridized carbons (Fsp3) is 0.714. The van der Waals surface area contributed by atoms with E-state index < -0.39 is 0 Å². The Morgan fingerprint density at radius 3 is 2.48 bits per heavy atom. The Hall–Kier alpha value is -1.74. The first kappa shape index (κ1) is 16.1. The Morgan fingerprint density at radius 2 is 1.78 bits per heavy atom. The maximum Gasteiger partial charge on any atom is 0.259 e. The Balaban J connectivity index is 1.98. The molecule has 1 aliphatic heterocycles. The Bertz CT molecular complexity index is 715. The number of piperidine rings is 1. The minimum absolute atomic E-state index is 0.570. The molecule has 2 aromatic rings. The number of likely N-dealkylation sites (tertiary alicyclic amines) is 1. The highest BCUT2D eigenvalue weighted by Gasteiger charge is 2.16. The third kappa shape index (κ3) is 3.45. The van der Waals surface area contributed by atoms with Crippen LogP contribution in [0.5, 0.6) is 0 Å². The summed E-state index contributed by atoms with van der Waals surface area (Å²) in [5.74, 6) is 1.83. The van der Waals surface area contributed by atoms with Crippen molar-refractivity contribution in [3.8, 4) is 0 Å². The van der Waals surface area contributed by atoms with Gasteiger partial charge in [-0.2, -0.15) is 9.97 Å². The van der Waals surface area contributed by atoms with Crippen LogP contribution in [-0.2, 0) is 6.67 Å². The van der Waals surface area contributed by atoms with Crippen molar-refractivity contribution in [3.63, 3.8) is 0 Å². The second-order valence-corrected chi connectivity index (χ2v) is 6.03. The van der Waals surface area contributed by atoms with Crippen LogP contribution in [0.25, 0.3) is 5.78 Å². The minimum atomic E-state index is 0.570. The molecule has 0 bridgehead atoms. The summed E-state index contributed by atoms with van der Waals surface area (Å²) >= 11 is 5.60. The fourth-order valence-corrected chi connectivity index (χ4v) is 3.09. The molecule has 0 unspecified atom stereocenters. The Morgan fingerprint density at radius 1 is 1.04 bits per heavy atom. The van der Waals surface area contributed by atoms with Crippen LogP contribution in [0.1, 0.15) is 33.1 Å². The van der Waals surface area contributed by atoms with Crippen LogP contribution in [0.2, 0.25) is 0 Å². The van der Waals surface area contributed by atoms with Crippen molar-refractivity contribution in [2.75, 3.05) is 36.8 Å². The summed E-state index contributed by atoms with van der Waals surface area (Å²) < 4.78 is 4.29. The molecule has 3 heterocycles. The molecule has 0 aliphatic carbocycles. The van der Waals surface area contributed by atoms with Crippen LogP contribution in [-0.4, -0.2) is 55.2 Å². The SMILES string of the molecule is CCNc1nc(NCC)n2c(=S)n(CN3CCCCC3)nc2n1. The molecular weight excluding hydrogens is 312 g/mol. The average Bonchev–Trinajstić information content (AvgIpc) is 2.85. The van der Waals surface area contributed by atoms with E-state index in [0.29, 0.717) is 29.1 Å². The molecule has 3 rings (SSSR count). The summed E-state index contributed by atoms with van der Waals surface area (Å²) in [6.45, 7) is 8.48. The molecule has 1 fully saturated rings. The first-order valence-corrected chi connectivity index (χ1v) is 8.71. The summed E-state index contributed by atoms with van der Waals surface area (Å²) in [6, 6.07) is 0. The van der Waals surface area contributed by atoms with Gasteiger partial charge in [0.05, 0.1) is 6.67 Å². The van der Waals surface area contributed by atoms with E-state index in [1.54, 1.807) is 0 Å². The van der Waals surface area contributed by atoms with Crippen molar-refractivity contribution in [2.24, 2.45) is 0 Å². The second-order valence-electron chi connectivity index (χ2n) is 5.67. The first-order chi connectivity index (χ1) is 11.2. The van der Waals surface area contributed by atoms with Crippen LogP contribution >= 0.6 is 12.2 Å². The third-order valence-corrected chi connectivity index (χ3v) is 4.30. The molecular formula is C14H24N8S. The summed E-state index contributed by atoms with van der Waals surface area (Å²) in [6.07, 6.45) is 3.80. The zero-order chi connectivity index (χ0) is 16.2. The molecule has 1 saturated heterocycles. The fourth-order valence-electron chi connectivity index (χ4n) is 2.82. The number of hydrogen-bond acceptors (Lipinski definition) is 7. The van der Waals surface area contributed by atoms with E-state index in [9.17, 15) is 0 Å². The molecule has 0 spiro atoms. The predicted molar refractivity (Wildman–Crippen MR) is 93.4 cm³/mol. The summed E-state index contributed by atoms with van der Waals surface area (Å²) in [7, 11) is 0. The van der Waals surface area contributed by atoms with Crippen molar-refractivity contribution >= 4 is 29.9 Å². The summed E-state index contributed by atoms with van der Waals surface area (Å²) in [5.41, 5.74) is 0. The van der Waals surface area contributed by atoms with Crippen LogP contribution in [0.3, 0.4) is 0 Å². The molecule has 0 atom stereocenters. The number of fused-ring (bicyclic) bond motifs is 1. The molecule has 23 heavy (non-hydrogen) atoms. The summed E-state index contributed by atoms with van der Waals surface area (Å²) in [4.78, 5) is 11.3. The standard InChI is InChI=1S/C14H24N8S/c1-3-15-11-17-12(16-4-2)22-13(18-11)19-21(14(22)23)10-20-8-6-5-7-9-20/h3-10H2,1-2H3,(H2,15,16,17,18,19). The van der Waals surface area contributed by atoms with Gasteiger partial charge in [0.2, 0.25) is 16.7 Å². The van der Waals surface area contributed by atoms with E-state index in [1.807, 2.05) is 22.9 Å². The lowest BCUT2D eigenvalue weighted by Gasteiger charge is -2.25. The molecule has 8 nitrogen and oxygen atoms in total. The molecule has 2 aromatic heterocycles. The van der Waals surface area contributed by atoms with Crippen molar-refractivity contribution < 1.29 is 0 Å². The lowest BCUT2D eigenvalue weighted by atomic mass is 10.1. The maximum atomic E-state index is 5.60. The normalized spacial score (nSPS) is 15.9. The quantitative estimate of drug-likeness (QED) is 0.781. The maximum absolute atomic E-state index is 5.60. The molecule has 2 N–H and O–H groups in total. The van der Waals surface area contributed by atoms with Gasteiger partial charge in [0, 0.05) is 13.1 Å². The predicted octanol–water partition coefficient (Wildman–Crippen LogP) is 1.96. The van der Waals surface area contributed by atoms with Gasteiger partial charge >= 0.3 is 0 Å². The molecule has 1 aliphatic rings. The van der Waals surface area contributed by atoms with E-state index >= 15 is 0 Å². The Labute approximate surface area is 140 Å². The van der Waals surface area contributed by atoms with Gasteiger partial charge in [0.15, 0.2) is 0 Å². The lowest BCUT2D eigenvalue weighted by Crippen LogP contribution is -2.32. The highest BCUT2D eigenvalue weighted by molar-refractivity contribution is 7.71. The van der Waals surface area contributed by atoms with Crippen molar-refractivity contribution in [2.45, 2.75) is 39.8 Å². The molecule has 0 aromatic carbocycles. The zero-order valence-electron chi connectivity index (χ0n) is 13.7. The van der Waals surface area contributed by atoms with Gasteiger partial charge in [-0.1, -0.05) is 6.42 Å². The van der Waals surface area contributed by atoms with Gasteiger partial charge in [-0.05, 0) is 52.0 Å². The van der Waals surface area contributed by atoms with Crippen molar-refractivity contribution in [1.82, 2.24) is 29.0 Å². The third-order valence-electron chi connectivity index (χ3n) is 3.90. The molecule has 0 radical (unpaired) electrons.